The molecule has 0 aliphatic heterocycles. The summed E-state index contributed by atoms with van der Waals surface area (Å²) in [4.78, 5) is 6.91. The van der Waals surface area contributed by atoms with Crippen LogP contribution in [0, 0.1) is 5.41 Å². The maximum Gasteiger partial charge on any atom is 0.146 e. The molecule has 0 saturated carbocycles. The van der Waals surface area contributed by atoms with Crippen molar-refractivity contribution in [2.75, 3.05) is 18.1 Å². The number of allylic oxidation sites excluding steroid dienone is 2. The first-order valence-corrected chi connectivity index (χ1v) is 8.32. The van der Waals surface area contributed by atoms with Crippen LogP contribution >= 0.6 is 0 Å². The minimum absolute atomic E-state index is 0.277. The SMILES string of the molecule is CCOC1=C/C(=N/c2ccc(N(CC)C(C)C)cc2)C(N)=CC1=N. The molecule has 5 heteroatoms. The van der Waals surface area contributed by atoms with Gasteiger partial charge in [-0.05, 0) is 58.0 Å². The van der Waals surface area contributed by atoms with Gasteiger partial charge >= 0.3 is 0 Å². The van der Waals surface area contributed by atoms with E-state index in [-0.39, 0.29) is 5.71 Å². The summed E-state index contributed by atoms with van der Waals surface area (Å²) in [7, 11) is 0. The fraction of sp³-hybridized carbons (Fsp3) is 0.368. The Morgan fingerprint density at radius 1 is 1.17 bits per heavy atom. The third-order valence-corrected chi connectivity index (χ3v) is 3.82. The Morgan fingerprint density at radius 2 is 1.83 bits per heavy atom. The molecule has 128 valence electrons. The van der Waals surface area contributed by atoms with Gasteiger partial charge in [0.1, 0.15) is 5.76 Å². The molecule has 0 fully saturated rings. The lowest BCUT2D eigenvalue weighted by Crippen LogP contribution is -2.30. The van der Waals surface area contributed by atoms with Crippen molar-refractivity contribution in [3.63, 3.8) is 0 Å². The zero-order chi connectivity index (χ0) is 17.7. The van der Waals surface area contributed by atoms with Gasteiger partial charge in [-0.3, -0.25) is 5.41 Å². The summed E-state index contributed by atoms with van der Waals surface area (Å²) in [5, 5.41) is 7.88. The summed E-state index contributed by atoms with van der Waals surface area (Å²) in [6.45, 7) is 9.87. The Labute approximate surface area is 144 Å². The number of anilines is 1. The van der Waals surface area contributed by atoms with Gasteiger partial charge < -0.3 is 15.4 Å². The molecule has 0 unspecified atom stereocenters. The summed E-state index contributed by atoms with van der Waals surface area (Å²) in [5.41, 5.74) is 9.37. The van der Waals surface area contributed by atoms with Crippen LogP contribution in [-0.2, 0) is 4.74 Å². The van der Waals surface area contributed by atoms with E-state index in [0.29, 0.717) is 29.8 Å². The van der Waals surface area contributed by atoms with Crippen LogP contribution in [0.2, 0.25) is 0 Å². The Bertz CT molecular complexity index is 684. The van der Waals surface area contributed by atoms with Gasteiger partial charge in [-0.25, -0.2) is 4.99 Å². The molecule has 0 bridgehead atoms. The second-order valence-corrected chi connectivity index (χ2v) is 5.85. The summed E-state index contributed by atoms with van der Waals surface area (Å²) in [6.07, 6.45) is 3.30. The lowest BCUT2D eigenvalue weighted by Gasteiger charge is -2.27. The third kappa shape index (κ3) is 4.04. The standard InChI is InChI=1S/C19H26N4O/c1-5-23(13(3)4)15-9-7-14(8-10-15)22-18-12-19(24-6-2)17(21)11-16(18)20/h7-13,21H,5-6,20H2,1-4H3/b21-17?,22-18-. The predicted molar refractivity (Wildman–Crippen MR) is 101 cm³/mol. The lowest BCUT2D eigenvalue weighted by atomic mass is 10.1. The van der Waals surface area contributed by atoms with Gasteiger partial charge in [0.05, 0.1) is 29.4 Å². The van der Waals surface area contributed by atoms with Crippen LogP contribution in [0.5, 0.6) is 0 Å². The molecule has 24 heavy (non-hydrogen) atoms. The van der Waals surface area contributed by atoms with Crippen molar-refractivity contribution in [3.8, 4) is 0 Å². The van der Waals surface area contributed by atoms with Gasteiger partial charge in [-0.1, -0.05) is 0 Å². The van der Waals surface area contributed by atoms with Crippen LogP contribution in [0.25, 0.3) is 0 Å². The molecule has 1 aliphatic carbocycles. The van der Waals surface area contributed by atoms with E-state index >= 15 is 0 Å². The molecule has 0 aromatic heterocycles. The van der Waals surface area contributed by atoms with Crippen LogP contribution in [0.3, 0.4) is 0 Å². The molecule has 0 amide bonds. The largest absolute Gasteiger partial charge is 0.492 e. The van der Waals surface area contributed by atoms with E-state index in [2.05, 4.69) is 42.8 Å². The van der Waals surface area contributed by atoms with Crippen molar-refractivity contribution in [1.82, 2.24) is 0 Å². The minimum atomic E-state index is 0.277. The molecule has 0 spiro atoms. The number of nitrogens with zero attached hydrogens (tertiary/aromatic N) is 2. The molecule has 0 heterocycles. The Morgan fingerprint density at radius 3 is 2.38 bits per heavy atom. The molecule has 5 nitrogen and oxygen atoms in total. The van der Waals surface area contributed by atoms with Crippen LogP contribution in [0.4, 0.5) is 11.4 Å². The molecule has 0 radical (unpaired) electrons. The minimum Gasteiger partial charge on any atom is -0.492 e. The first-order valence-electron chi connectivity index (χ1n) is 8.32. The number of benzene rings is 1. The molecule has 0 saturated heterocycles. The second-order valence-electron chi connectivity index (χ2n) is 5.85. The fourth-order valence-electron chi connectivity index (χ4n) is 2.66. The van der Waals surface area contributed by atoms with E-state index in [1.54, 1.807) is 12.2 Å². The molecule has 1 aliphatic rings. The highest BCUT2D eigenvalue weighted by molar-refractivity contribution is 6.22. The molecular formula is C19H26N4O. The first kappa shape index (κ1) is 17.8. The van der Waals surface area contributed by atoms with E-state index in [9.17, 15) is 0 Å². The number of ether oxygens (including phenoxy) is 1. The molecule has 2 rings (SSSR count). The highest BCUT2D eigenvalue weighted by Gasteiger charge is 2.15. The van der Waals surface area contributed by atoms with Crippen LogP contribution in [0.15, 0.2) is 52.9 Å². The van der Waals surface area contributed by atoms with Gasteiger partial charge in [-0.15, -0.1) is 0 Å². The smallest absolute Gasteiger partial charge is 0.146 e. The van der Waals surface area contributed by atoms with Crippen molar-refractivity contribution in [2.45, 2.75) is 33.7 Å². The predicted octanol–water partition coefficient (Wildman–Crippen LogP) is 3.79. The Balaban J connectivity index is 2.27. The van der Waals surface area contributed by atoms with Gasteiger partial charge in [0.2, 0.25) is 0 Å². The zero-order valence-electron chi connectivity index (χ0n) is 14.8. The van der Waals surface area contributed by atoms with E-state index in [1.165, 1.54) is 5.69 Å². The monoisotopic (exact) mass is 326 g/mol. The summed E-state index contributed by atoms with van der Waals surface area (Å²) < 4.78 is 5.45. The Hall–Kier alpha value is -2.56. The first-order chi connectivity index (χ1) is 11.5. The van der Waals surface area contributed by atoms with E-state index < -0.39 is 0 Å². The van der Waals surface area contributed by atoms with Crippen molar-refractivity contribution in [2.24, 2.45) is 10.7 Å². The number of nitrogens with two attached hydrogens (primary N) is 1. The average molecular weight is 326 g/mol. The van der Waals surface area contributed by atoms with E-state index in [1.807, 2.05) is 19.1 Å². The van der Waals surface area contributed by atoms with Crippen molar-refractivity contribution < 1.29 is 4.74 Å². The lowest BCUT2D eigenvalue weighted by molar-refractivity contribution is 0.250. The highest BCUT2D eigenvalue weighted by atomic mass is 16.5. The number of rotatable bonds is 6. The van der Waals surface area contributed by atoms with Crippen molar-refractivity contribution in [1.29, 1.82) is 5.41 Å². The quantitative estimate of drug-likeness (QED) is 0.781. The van der Waals surface area contributed by atoms with Crippen molar-refractivity contribution in [3.05, 3.63) is 47.9 Å². The van der Waals surface area contributed by atoms with Crippen LogP contribution in [-0.4, -0.2) is 30.6 Å². The van der Waals surface area contributed by atoms with E-state index in [4.69, 9.17) is 15.9 Å². The molecule has 1 aromatic rings. The van der Waals surface area contributed by atoms with Crippen LogP contribution in [0.1, 0.15) is 27.7 Å². The van der Waals surface area contributed by atoms with Crippen molar-refractivity contribution >= 4 is 22.8 Å². The summed E-state index contributed by atoms with van der Waals surface area (Å²) >= 11 is 0. The summed E-state index contributed by atoms with van der Waals surface area (Å²) in [6, 6.07) is 8.55. The van der Waals surface area contributed by atoms with Crippen LogP contribution < -0.4 is 10.6 Å². The maximum absolute atomic E-state index is 7.88. The van der Waals surface area contributed by atoms with E-state index in [0.717, 1.165) is 12.2 Å². The number of hydrogen-bond acceptors (Lipinski definition) is 5. The zero-order valence-corrected chi connectivity index (χ0v) is 14.8. The average Bonchev–Trinajstić information content (AvgIpc) is 2.54. The normalized spacial score (nSPS) is 16.2. The molecule has 0 atom stereocenters. The molecule has 3 N–H and O–H groups in total. The topological polar surface area (TPSA) is 74.7 Å². The highest BCUT2D eigenvalue weighted by Crippen LogP contribution is 2.23. The Kier molecular flexibility index (Phi) is 5.79. The van der Waals surface area contributed by atoms with Gasteiger partial charge in [0.25, 0.3) is 0 Å². The molecule has 1 aromatic carbocycles. The maximum atomic E-state index is 7.88. The third-order valence-electron chi connectivity index (χ3n) is 3.82. The van der Waals surface area contributed by atoms with Gasteiger partial charge in [0, 0.05) is 24.4 Å². The fourth-order valence-corrected chi connectivity index (χ4v) is 2.66. The van der Waals surface area contributed by atoms with Gasteiger partial charge in [0.15, 0.2) is 0 Å². The summed E-state index contributed by atoms with van der Waals surface area (Å²) in [5.74, 6) is 0.499. The number of nitrogens with one attached hydrogen (secondary N) is 1. The van der Waals surface area contributed by atoms with Gasteiger partial charge in [-0.2, -0.15) is 0 Å². The molecular weight excluding hydrogens is 300 g/mol. The second kappa shape index (κ2) is 7.81. The number of hydrogen-bond donors (Lipinski definition) is 2. The number of aliphatic imine (C=N–C) groups is 1.